The second-order valence-corrected chi connectivity index (χ2v) is 6.31. The van der Waals surface area contributed by atoms with E-state index >= 15 is 0 Å². The maximum Gasteiger partial charge on any atom is 0.455 e. The van der Waals surface area contributed by atoms with Crippen LogP contribution in [0, 0.1) is 0 Å². The number of nitrogens with two attached hydrogens (primary N) is 2. The van der Waals surface area contributed by atoms with Crippen molar-refractivity contribution in [3.05, 3.63) is 59.7 Å². The first-order chi connectivity index (χ1) is 13.4. The standard InChI is InChI=1S/C19H21N5O4/c1-3-12(2)22(19(27)28-24(21)16-11-7-6-10-15(16)20)23-17(25)13-8-4-5-9-14(13)18(23)26/h4-12H,3,20-21H2,1-2H3. The third-order valence-corrected chi connectivity index (χ3v) is 4.53. The smallest absolute Gasteiger partial charge is 0.397 e. The lowest BCUT2D eigenvalue weighted by molar-refractivity contribution is -0.0213. The Bertz CT molecular complexity index is 897. The molecule has 0 spiro atoms. The van der Waals surface area contributed by atoms with Crippen LogP contribution in [0.25, 0.3) is 0 Å². The third-order valence-electron chi connectivity index (χ3n) is 4.53. The van der Waals surface area contributed by atoms with Crippen LogP contribution in [0.5, 0.6) is 0 Å². The second kappa shape index (κ2) is 7.57. The van der Waals surface area contributed by atoms with Crippen LogP contribution in [-0.4, -0.2) is 34.0 Å². The maximum atomic E-state index is 12.9. The van der Waals surface area contributed by atoms with E-state index in [0.29, 0.717) is 17.3 Å². The quantitative estimate of drug-likeness (QED) is 0.351. The minimum absolute atomic E-state index is 0.227. The van der Waals surface area contributed by atoms with Crippen LogP contribution < -0.4 is 16.7 Å². The normalized spacial score (nSPS) is 13.9. The highest BCUT2D eigenvalue weighted by molar-refractivity contribution is 6.21. The molecule has 0 aromatic heterocycles. The number of carbonyl (C=O) groups is 3. The molecule has 28 heavy (non-hydrogen) atoms. The summed E-state index contributed by atoms with van der Waals surface area (Å²) in [6.07, 6.45) is -0.504. The largest absolute Gasteiger partial charge is 0.455 e. The number of nitrogens with zero attached hydrogens (tertiary/aromatic N) is 3. The lowest BCUT2D eigenvalue weighted by atomic mass is 10.1. The van der Waals surface area contributed by atoms with E-state index in [0.717, 1.165) is 10.0 Å². The van der Waals surface area contributed by atoms with Gasteiger partial charge in [-0.15, -0.1) is 5.17 Å². The molecule has 0 radical (unpaired) electrons. The molecule has 0 aliphatic carbocycles. The SMILES string of the molecule is CCC(C)N(C(=O)ON(N)c1ccccc1N)N1C(=O)c2ccccc2C1=O. The molecule has 9 nitrogen and oxygen atoms in total. The van der Waals surface area contributed by atoms with E-state index in [9.17, 15) is 14.4 Å². The highest BCUT2D eigenvalue weighted by Crippen LogP contribution is 2.27. The monoisotopic (exact) mass is 383 g/mol. The molecule has 2 aromatic rings. The molecule has 146 valence electrons. The van der Waals surface area contributed by atoms with Gasteiger partial charge in [-0.05, 0) is 37.6 Å². The molecule has 1 atom stereocenters. The molecule has 3 rings (SSSR count). The molecule has 4 N–H and O–H groups in total. The molecular formula is C19H21N5O4. The van der Waals surface area contributed by atoms with Crippen LogP contribution in [0.2, 0.25) is 0 Å². The van der Waals surface area contributed by atoms with Crippen LogP contribution in [-0.2, 0) is 4.84 Å². The highest BCUT2D eigenvalue weighted by atomic mass is 16.7. The molecule has 9 heteroatoms. The van der Waals surface area contributed by atoms with Crippen molar-refractivity contribution in [3.8, 4) is 0 Å². The first-order valence-corrected chi connectivity index (χ1v) is 8.75. The minimum atomic E-state index is -0.977. The van der Waals surface area contributed by atoms with Crippen molar-refractivity contribution in [1.29, 1.82) is 0 Å². The Hall–Kier alpha value is -3.59. The fourth-order valence-electron chi connectivity index (χ4n) is 2.87. The molecule has 1 aliphatic heterocycles. The van der Waals surface area contributed by atoms with Gasteiger partial charge in [0.15, 0.2) is 0 Å². The summed E-state index contributed by atoms with van der Waals surface area (Å²) in [7, 11) is 0. The van der Waals surface area contributed by atoms with Gasteiger partial charge in [-0.3, -0.25) is 9.59 Å². The van der Waals surface area contributed by atoms with E-state index in [1.807, 2.05) is 6.92 Å². The molecule has 3 amide bonds. The van der Waals surface area contributed by atoms with Crippen LogP contribution in [0.1, 0.15) is 41.0 Å². The Morgan fingerprint density at radius 3 is 2.14 bits per heavy atom. The number of anilines is 2. The Labute approximate surface area is 161 Å². The second-order valence-electron chi connectivity index (χ2n) is 6.31. The number of hydrogen-bond donors (Lipinski definition) is 2. The molecule has 0 saturated carbocycles. The van der Waals surface area contributed by atoms with Crippen LogP contribution in [0.3, 0.4) is 0 Å². The van der Waals surface area contributed by atoms with Gasteiger partial charge in [-0.2, -0.15) is 5.01 Å². The van der Waals surface area contributed by atoms with E-state index in [1.165, 1.54) is 12.1 Å². The van der Waals surface area contributed by atoms with Crippen molar-refractivity contribution in [2.45, 2.75) is 26.3 Å². The summed E-state index contributed by atoms with van der Waals surface area (Å²) in [4.78, 5) is 43.6. The molecule has 1 heterocycles. The van der Waals surface area contributed by atoms with Crippen LogP contribution in [0.4, 0.5) is 16.2 Å². The van der Waals surface area contributed by atoms with Crippen LogP contribution >= 0.6 is 0 Å². The minimum Gasteiger partial charge on any atom is -0.397 e. The van der Waals surface area contributed by atoms with Gasteiger partial charge in [0.2, 0.25) is 0 Å². The number of para-hydroxylation sites is 2. The predicted molar refractivity (Wildman–Crippen MR) is 103 cm³/mol. The summed E-state index contributed by atoms with van der Waals surface area (Å²) in [5.41, 5.74) is 6.86. The van der Waals surface area contributed by atoms with Gasteiger partial charge in [-0.25, -0.2) is 15.6 Å². The summed E-state index contributed by atoms with van der Waals surface area (Å²) >= 11 is 0. The average molecular weight is 383 g/mol. The van der Waals surface area contributed by atoms with Crippen LogP contribution in [0.15, 0.2) is 48.5 Å². The molecule has 0 bridgehead atoms. The van der Waals surface area contributed by atoms with Crippen molar-refractivity contribution >= 4 is 29.3 Å². The molecule has 1 unspecified atom stereocenters. The van der Waals surface area contributed by atoms with Gasteiger partial charge in [0, 0.05) is 0 Å². The number of hydrazine groups is 2. The zero-order valence-corrected chi connectivity index (χ0v) is 15.5. The Morgan fingerprint density at radius 2 is 1.61 bits per heavy atom. The Balaban J connectivity index is 1.89. The van der Waals surface area contributed by atoms with E-state index in [2.05, 4.69) is 0 Å². The number of benzene rings is 2. The Kier molecular flexibility index (Phi) is 5.18. The molecule has 0 fully saturated rings. The third kappa shape index (κ3) is 3.23. The highest BCUT2D eigenvalue weighted by Gasteiger charge is 2.44. The summed E-state index contributed by atoms with van der Waals surface area (Å²) < 4.78 is 0. The van der Waals surface area contributed by atoms with Crippen molar-refractivity contribution in [3.63, 3.8) is 0 Å². The summed E-state index contributed by atoms with van der Waals surface area (Å²) in [5, 5.41) is 2.48. The number of imide groups is 1. The lowest BCUT2D eigenvalue weighted by Crippen LogP contribution is -2.55. The molecule has 2 aromatic carbocycles. The lowest BCUT2D eigenvalue weighted by Gasteiger charge is -2.34. The first-order valence-electron chi connectivity index (χ1n) is 8.75. The molecule has 1 aliphatic rings. The average Bonchev–Trinajstić information content (AvgIpc) is 2.93. The number of hydrogen-bond acceptors (Lipinski definition) is 7. The van der Waals surface area contributed by atoms with Crippen molar-refractivity contribution < 1.29 is 19.2 Å². The maximum absolute atomic E-state index is 12.9. The summed E-state index contributed by atoms with van der Waals surface area (Å²) in [5.74, 6) is 4.63. The van der Waals surface area contributed by atoms with Gasteiger partial charge >= 0.3 is 6.09 Å². The first kappa shape index (κ1) is 19.2. The van der Waals surface area contributed by atoms with Gasteiger partial charge in [0.1, 0.15) is 5.69 Å². The number of nitrogen functional groups attached to an aromatic ring is 1. The van der Waals surface area contributed by atoms with E-state index < -0.39 is 23.9 Å². The zero-order valence-electron chi connectivity index (χ0n) is 15.5. The number of carbonyl (C=O) groups excluding carboxylic acids is 3. The molecule has 0 saturated heterocycles. The number of amides is 3. The van der Waals surface area contributed by atoms with Gasteiger partial charge in [0.25, 0.3) is 11.8 Å². The zero-order chi connectivity index (χ0) is 20.4. The summed E-state index contributed by atoms with van der Waals surface area (Å²) in [6.45, 7) is 3.51. The van der Waals surface area contributed by atoms with E-state index in [4.69, 9.17) is 16.4 Å². The topological polar surface area (TPSA) is 122 Å². The van der Waals surface area contributed by atoms with Crippen molar-refractivity contribution in [1.82, 2.24) is 10.0 Å². The molecular weight excluding hydrogens is 362 g/mol. The van der Waals surface area contributed by atoms with Crippen molar-refractivity contribution in [2.75, 3.05) is 10.9 Å². The van der Waals surface area contributed by atoms with Crippen molar-refractivity contribution in [2.24, 2.45) is 5.84 Å². The fraction of sp³-hybridized carbons (Fsp3) is 0.211. The van der Waals surface area contributed by atoms with E-state index in [-0.39, 0.29) is 16.8 Å². The van der Waals surface area contributed by atoms with Gasteiger partial charge in [-0.1, -0.05) is 31.2 Å². The number of rotatable bonds is 5. The predicted octanol–water partition coefficient (Wildman–Crippen LogP) is 2.31. The van der Waals surface area contributed by atoms with E-state index in [1.54, 1.807) is 43.3 Å². The fourth-order valence-corrected chi connectivity index (χ4v) is 2.87. The number of fused-ring (bicyclic) bond motifs is 1. The van der Waals surface area contributed by atoms with Gasteiger partial charge < -0.3 is 10.6 Å². The van der Waals surface area contributed by atoms with Gasteiger partial charge in [0.05, 0.1) is 22.9 Å². The summed E-state index contributed by atoms with van der Waals surface area (Å²) in [6, 6.07) is 12.4. The Morgan fingerprint density at radius 1 is 1.07 bits per heavy atom.